The molecule has 0 radical (unpaired) electrons. The van der Waals surface area contributed by atoms with Gasteiger partial charge in [0.15, 0.2) is 0 Å². The number of fused-ring (bicyclic) bond motifs is 1. The van der Waals surface area contributed by atoms with Crippen molar-refractivity contribution in [1.29, 1.82) is 0 Å². The molecule has 0 unspecified atom stereocenters. The normalized spacial score (nSPS) is 11.4. The monoisotopic (exact) mass is 378 g/mol. The van der Waals surface area contributed by atoms with Crippen molar-refractivity contribution in [3.8, 4) is 11.5 Å². The van der Waals surface area contributed by atoms with Crippen LogP contribution in [0.25, 0.3) is 15.8 Å². The molecule has 132 valence electrons. The van der Waals surface area contributed by atoms with Gasteiger partial charge in [-0.05, 0) is 44.2 Å². The Bertz CT molecular complexity index is 986. The Morgan fingerprint density at radius 3 is 2.64 bits per heavy atom. The highest BCUT2D eigenvalue weighted by Crippen LogP contribution is 2.39. The van der Waals surface area contributed by atoms with Crippen molar-refractivity contribution in [3.05, 3.63) is 41.1 Å². The fourth-order valence-electron chi connectivity index (χ4n) is 2.27. The zero-order chi connectivity index (χ0) is 17.9. The maximum atomic E-state index is 12.8. The van der Waals surface area contributed by atoms with Gasteiger partial charge in [0.1, 0.15) is 32.6 Å². The van der Waals surface area contributed by atoms with E-state index in [1.807, 2.05) is 13.8 Å². The minimum atomic E-state index is -3.99. The van der Waals surface area contributed by atoms with E-state index >= 15 is 0 Å². The van der Waals surface area contributed by atoms with E-state index in [-0.39, 0.29) is 10.6 Å². The number of nitrogens with zero attached hydrogens (tertiary/aromatic N) is 3. The summed E-state index contributed by atoms with van der Waals surface area (Å²) in [5.41, 5.74) is 1.03. The molecule has 3 aromatic rings. The molecular formula is C16H16N3O4S2-. The highest BCUT2D eigenvalue weighted by atomic mass is 32.2. The molecule has 0 aliphatic carbocycles. The first-order valence-electron chi connectivity index (χ1n) is 7.64. The van der Waals surface area contributed by atoms with Gasteiger partial charge < -0.3 is 14.2 Å². The Morgan fingerprint density at radius 1 is 1.08 bits per heavy atom. The summed E-state index contributed by atoms with van der Waals surface area (Å²) in [6.45, 7) is 4.52. The quantitative estimate of drug-likeness (QED) is 0.619. The van der Waals surface area contributed by atoms with E-state index in [0.29, 0.717) is 35.7 Å². The standard InChI is InChI=1S/C16H16N3O4S2/c1-3-22-11-8-9-14(23-4-2)13(10-11)19-25(20,21)15-7-5-6-12-16(15)18-24-17-12/h5-10H,3-4H2,1-2H3/q-1. The Balaban J connectivity index is 2.02. The van der Waals surface area contributed by atoms with Gasteiger partial charge in [0.25, 0.3) is 0 Å². The molecule has 0 fully saturated rings. The highest BCUT2D eigenvalue weighted by molar-refractivity contribution is 7.94. The number of aromatic nitrogens is 2. The van der Waals surface area contributed by atoms with Crippen LogP contribution in [0.1, 0.15) is 13.8 Å². The molecule has 3 rings (SSSR count). The number of hydrogen-bond acceptors (Lipinski definition) is 7. The average Bonchev–Trinajstić information content (AvgIpc) is 3.06. The Morgan fingerprint density at radius 2 is 1.88 bits per heavy atom. The van der Waals surface area contributed by atoms with Crippen molar-refractivity contribution < 1.29 is 17.9 Å². The first-order chi connectivity index (χ1) is 12.0. The molecule has 7 nitrogen and oxygen atoms in total. The number of sulfonamides is 1. The van der Waals surface area contributed by atoms with E-state index in [1.54, 1.807) is 30.3 Å². The van der Waals surface area contributed by atoms with Crippen LogP contribution in [0.3, 0.4) is 0 Å². The van der Waals surface area contributed by atoms with Crippen LogP contribution in [0.5, 0.6) is 11.5 Å². The summed E-state index contributed by atoms with van der Waals surface area (Å²) in [5.74, 6) is 0.895. The van der Waals surface area contributed by atoms with Crippen LogP contribution in [0.4, 0.5) is 5.69 Å². The van der Waals surface area contributed by atoms with Crippen molar-refractivity contribution >= 4 is 38.5 Å². The van der Waals surface area contributed by atoms with Gasteiger partial charge in [-0.3, -0.25) is 0 Å². The number of rotatable bonds is 7. The molecule has 0 spiro atoms. The van der Waals surface area contributed by atoms with E-state index in [2.05, 4.69) is 13.5 Å². The number of benzene rings is 2. The van der Waals surface area contributed by atoms with Gasteiger partial charge in [0, 0.05) is 0 Å². The summed E-state index contributed by atoms with van der Waals surface area (Å²) in [6, 6.07) is 9.70. The topological polar surface area (TPSA) is 92.5 Å². The number of ether oxygens (including phenoxy) is 2. The molecule has 0 saturated carbocycles. The molecule has 0 N–H and O–H groups in total. The summed E-state index contributed by atoms with van der Waals surface area (Å²) in [5, 5.41) is 0. The van der Waals surface area contributed by atoms with Crippen LogP contribution in [-0.2, 0) is 10.0 Å². The van der Waals surface area contributed by atoms with Gasteiger partial charge in [-0.2, -0.15) is 8.75 Å². The Kier molecular flexibility index (Phi) is 5.05. The lowest BCUT2D eigenvalue weighted by atomic mass is 10.3. The summed E-state index contributed by atoms with van der Waals surface area (Å²) >= 11 is 0.959. The molecule has 1 heterocycles. The summed E-state index contributed by atoms with van der Waals surface area (Å²) in [7, 11) is -3.99. The maximum Gasteiger partial charge on any atom is 0.125 e. The zero-order valence-corrected chi connectivity index (χ0v) is 15.3. The minimum absolute atomic E-state index is 0.0167. The Labute approximate surface area is 150 Å². The minimum Gasteiger partial charge on any atom is -0.570 e. The fraction of sp³-hybridized carbons (Fsp3) is 0.250. The van der Waals surface area contributed by atoms with E-state index in [9.17, 15) is 8.42 Å². The lowest BCUT2D eigenvalue weighted by molar-refractivity contribution is 0.332. The predicted molar refractivity (Wildman–Crippen MR) is 96.4 cm³/mol. The highest BCUT2D eigenvalue weighted by Gasteiger charge is 2.14. The first kappa shape index (κ1) is 17.4. The van der Waals surface area contributed by atoms with E-state index in [0.717, 1.165) is 11.7 Å². The van der Waals surface area contributed by atoms with E-state index in [4.69, 9.17) is 9.47 Å². The van der Waals surface area contributed by atoms with Crippen LogP contribution in [-0.4, -0.2) is 30.4 Å². The second-order valence-corrected chi connectivity index (χ2v) is 7.05. The summed E-state index contributed by atoms with van der Waals surface area (Å²) in [6.07, 6.45) is 0. The van der Waals surface area contributed by atoms with E-state index in [1.165, 1.54) is 6.07 Å². The maximum absolute atomic E-state index is 12.8. The smallest absolute Gasteiger partial charge is 0.125 e. The molecular weight excluding hydrogens is 362 g/mol. The molecule has 25 heavy (non-hydrogen) atoms. The third-order valence-electron chi connectivity index (χ3n) is 3.29. The second kappa shape index (κ2) is 7.24. The largest absolute Gasteiger partial charge is 0.570 e. The summed E-state index contributed by atoms with van der Waals surface area (Å²) < 4.78 is 48.6. The van der Waals surface area contributed by atoms with Gasteiger partial charge in [-0.1, -0.05) is 11.8 Å². The number of hydrogen-bond donors (Lipinski definition) is 0. The molecule has 2 aromatic carbocycles. The first-order valence-corrected chi connectivity index (χ1v) is 9.81. The molecule has 0 saturated heterocycles. The van der Waals surface area contributed by atoms with Crippen molar-refractivity contribution in [2.75, 3.05) is 13.2 Å². The summed E-state index contributed by atoms with van der Waals surface area (Å²) in [4.78, 5) is 0.0167. The molecule has 9 heteroatoms. The fourth-order valence-corrected chi connectivity index (χ4v) is 4.02. The van der Waals surface area contributed by atoms with Crippen LogP contribution in [0, 0.1) is 0 Å². The Hall–Kier alpha value is -2.39. The van der Waals surface area contributed by atoms with Crippen molar-refractivity contribution in [2.45, 2.75) is 18.7 Å². The molecule has 0 aliphatic rings. The lowest BCUT2D eigenvalue weighted by Crippen LogP contribution is -2.01. The zero-order valence-electron chi connectivity index (χ0n) is 13.7. The second-order valence-electron chi connectivity index (χ2n) is 4.95. The lowest BCUT2D eigenvalue weighted by Gasteiger charge is -2.25. The van der Waals surface area contributed by atoms with Gasteiger partial charge in [-0.15, -0.1) is 0 Å². The van der Waals surface area contributed by atoms with Crippen LogP contribution in [0.15, 0.2) is 41.3 Å². The average molecular weight is 378 g/mol. The van der Waals surface area contributed by atoms with Gasteiger partial charge in [-0.25, -0.2) is 8.42 Å². The van der Waals surface area contributed by atoms with Crippen LogP contribution >= 0.6 is 11.7 Å². The third-order valence-corrected chi connectivity index (χ3v) is 5.15. The SMILES string of the molecule is CCOc1ccc(OCC)c([N-]S(=O)(=O)c2cccc3nsnc23)c1. The van der Waals surface area contributed by atoms with Crippen LogP contribution in [0.2, 0.25) is 0 Å². The molecule has 0 aliphatic heterocycles. The predicted octanol–water partition coefficient (Wildman–Crippen LogP) is 3.88. The molecule has 0 atom stereocenters. The van der Waals surface area contributed by atoms with Gasteiger partial charge in [0.05, 0.1) is 29.8 Å². The van der Waals surface area contributed by atoms with Crippen LogP contribution < -0.4 is 9.47 Å². The third kappa shape index (κ3) is 3.67. The van der Waals surface area contributed by atoms with Gasteiger partial charge >= 0.3 is 0 Å². The van der Waals surface area contributed by atoms with Crippen molar-refractivity contribution in [1.82, 2.24) is 8.75 Å². The van der Waals surface area contributed by atoms with E-state index < -0.39 is 10.0 Å². The molecule has 0 bridgehead atoms. The van der Waals surface area contributed by atoms with Gasteiger partial charge in [0.2, 0.25) is 0 Å². The molecule has 0 amide bonds. The van der Waals surface area contributed by atoms with Crippen molar-refractivity contribution in [3.63, 3.8) is 0 Å². The van der Waals surface area contributed by atoms with Crippen molar-refractivity contribution in [2.24, 2.45) is 0 Å². The molecule has 1 aromatic heterocycles.